The van der Waals surface area contributed by atoms with Crippen LogP contribution in [0.15, 0.2) is 23.2 Å². The highest BCUT2D eigenvalue weighted by Gasteiger charge is 2.30. The highest BCUT2D eigenvalue weighted by molar-refractivity contribution is 8.13. The largest absolute Gasteiger partial charge is 0.362 e. The van der Waals surface area contributed by atoms with Gasteiger partial charge in [0.15, 0.2) is 5.17 Å². The minimum atomic E-state index is -0.418. The van der Waals surface area contributed by atoms with Crippen LogP contribution in [0.2, 0.25) is 0 Å². The average Bonchev–Trinajstić information content (AvgIpc) is 2.48. The molecule has 20 heavy (non-hydrogen) atoms. The molecule has 2 nitrogen and oxygen atoms in total. The summed E-state index contributed by atoms with van der Waals surface area (Å²) in [6.07, 6.45) is 5.07. The van der Waals surface area contributed by atoms with E-state index in [2.05, 4.69) is 10.3 Å². The van der Waals surface area contributed by atoms with Gasteiger partial charge in [0.1, 0.15) is 11.6 Å². The molecule has 0 amide bonds. The Morgan fingerprint density at radius 3 is 3.00 bits per heavy atom. The zero-order valence-corrected chi connectivity index (χ0v) is 12.1. The van der Waals surface area contributed by atoms with Crippen LogP contribution in [0.3, 0.4) is 0 Å². The SMILES string of the molecule is Fc1ccc(F)c(CN=C2NC3CCCCC3CS2)c1. The summed E-state index contributed by atoms with van der Waals surface area (Å²) in [6.45, 7) is 0.191. The zero-order chi connectivity index (χ0) is 13.9. The van der Waals surface area contributed by atoms with E-state index in [0.29, 0.717) is 11.6 Å². The van der Waals surface area contributed by atoms with Gasteiger partial charge in [-0.25, -0.2) is 8.78 Å². The number of thioether (sulfide) groups is 1. The minimum Gasteiger partial charge on any atom is -0.362 e. The maximum Gasteiger partial charge on any atom is 0.157 e. The molecular formula is C15H18F2N2S. The number of aliphatic imine (C=N–C) groups is 1. The summed E-state index contributed by atoms with van der Waals surface area (Å²) >= 11 is 1.70. The number of nitrogens with zero attached hydrogens (tertiary/aromatic N) is 1. The standard InChI is InChI=1S/C15H18F2N2S/c16-12-5-6-13(17)11(7-12)8-18-15-19-14-4-2-1-3-10(14)9-20-15/h5-7,10,14H,1-4,8-9H2,(H,18,19). The van der Waals surface area contributed by atoms with Crippen LogP contribution >= 0.6 is 11.8 Å². The number of rotatable bonds is 2. The second-order valence-corrected chi connectivity index (χ2v) is 6.47. The lowest BCUT2D eigenvalue weighted by Crippen LogP contribution is -2.46. The predicted octanol–water partition coefficient (Wildman–Crippen LogP) is 3.72. The number of fused-ring (bicyclic) bond motifs is 1. The van der Waals surface area contributed by atoms with E-state index in [-0.39, 0.29) is 6.54 Å². The first-order chi connectivity index (χ1) is 9.72. The maximum atomic E-state index is 13.5. The van der Waals surface area contributed by atoms with Crippen molar-refractivity contribution >= 4 is 16.9 Å². The van der Waals surface area contributed by atoms with Gasteiger partial charge in [-0.15, -0.1) is 0 Å². The molecular weight excluding hydrogens is 278 g/mol. The third-order valence-corrected chi connectivity index (χ3v) is 5.17. The fourth-order valence-corrected chi connectivity index (χ4v) is 4.06. The van der Waals surface area contributed by atoms with Gasteiger partial charge >= 0.3 is 0 Å². The minimum absolute atomic E-state index is 0.191. The molecule has 5 heteroatoms. The summed E-state index contributed by atoms with van der Waals surface area (Å²) in [4.78, 5) is 4.41. The topological polar surface area (TPSA) is 24.4 Å². The number of amidine groups is 1. The average molecular weight is 296 g/mol. The quantitative estimate of drug-likeness (QED) is 0.899. The second-order valence-electron chi connectivity index (χ2n) is 5.46. The summed E-state index contributed by atoms with van der Waals surface area (Å²) in [6, 6.07) is 4.02. The highest BCUT2D eigenvalue weighted by atomic mass is 32.2. The van der Waals surface area contributed by atoms with Gasteiger partial charge in [0.2, 0.25) is 0 Å². The van der Waals surface area contributed by atoms with Crippen molar-refractivity contribution in [2.45, 2.75) is 38.3 Å². The van der Waals surface area contributed by atoms with E-state index in [1.807, 2.05) is 0 Å². The number of benzene rings is 1. The van der Waals surface area contributed by atoms with Crippen molar-refractivity contribution in [2.24, 2.45) is 10.9 Å². The third kappa shape index (κ3) is 3.14. The fraction of sp³-hybridized carbons (Fsp3) is 0.533. The normalized spacial score (nSPS) is 28.0. The van der Waals surface area contributed by atoms with Crippen LogP contribution in [-0.2, 0) is 6.54 Å². The molecule has 1 aromatic rings. The van der Waals surface area contributed by atoms with E-state index in [1.54, 1.807) is 11.8 Å². The van der Waals surface area contributed by atoms with Crippen molar-refractivity contribution in [2.75, 3.05) is 5.75 Å². The smallest absolute Gasteiger partial charge is 0.157 e. The summed E-state index contributed by atoms with van der Waals surface area (Å²) in [7, 11) is 0. The van der Waals surface area contributed by atoms with Crippen molar-refractivity contribution in [1.82, 2.24) is 5.32 Å². The molecule has 1 saturated carbocycles. The highest BCUT2D eigenvalue weighted by Crippen LogP contribution is 2.31. The number of hydrogen-bond donors (Lipinski definition) is 1. The molecule has 0 radical (unpaired) electrons. The summed E-state index contributed by atoms with van der Waals surface area (Å²) in [5.41, 5.74) is 0.311. The van der Waals surface area contributed by atoms with Crippen LogP contribution in [0.5, 0.6) is 0 Å². The number of hydrogen-bond acceptors (Lipinski definition) is 2. The molecule has 1 aromatic carbocycles. The Morgan fingerprint density at radius 2 is 2.10 bits per heavy atom. The first-order valence-electron chi connectivity index (χ1n) is 7.10. The summed E-state index contributed by atoms with van der Waals surface area (Å²) in [5.74, 6) is 1.01. The van der Waals surface area contributed by atoms with Gasteiger partial charge in [0, 0.05) is 17.4 Å². The van der Waals surface area contributed by atoms with E-state index in [9.17, 15) is 8.78 Å². The molecule has 2 unspecified atom stereocenters. The molecule has 1 N–H and O–H groups in total. The first kappa shape index (κ1) is 13.9. The predicted molar refractivity (Wildman–Crippen MR) is 78.8 cm³/mol. The Hall–Kier alpha value is -1.10. The van der Waals surface area contributed by atoms with Crippen molar-refractivity contribution < 1.29 is 8.78 Å². The zero-order valence-electron chi connectivity index (χ0n) is 11.2. The lowest BCUT2D eigenvalue weighted by molar-refractivity contribution is 0.311. The second kappa shape index (κ2) is 6.12. The number of halogens is 2. The van der Waals surface area contributed by atoms with E-state index >= 15 is 0 Å². The number of nitrogens with one attached hydrogen (secondary N) is 1. The monoisotopic (exact) mass is 296 g/mol. The third-order valence-electron chi connectivity index (χ3n) is 4.05. The molecule has 0 bridgehead atoms. The van der Waals surface area contributed by atoms with Crippen LogP contribution in [0, 0.1) is 17.6 Å². The molecule has 1 saturated heterocycles. The van der Waals surface area contributed by atoms with Crippen molar-refractivity contribution in [3.63, 3.8) is 0 Å². The van der Waals surface area contributed by atoms with Crippen LogP contribution in [0.4, 0.5) is 8.78 Å². The Labute approximate surface area is 122 Å². The fourth-order valence-electron chi connectivity index (χ4n) is 2.90. The Kier molecular flexibility index (Phi) is 4.24. The maximum absolute atomic E-state index is 13.5. The molecule has 2 aliphatic rings. The Morgan fingerprint density at radius 1 is 1.25 bits per heavy atom. The molecule has 2 fully saturated rings. The molecule has 0 aromatic heterocycles. The molecule has 3 rings (SSSR count). The van der Waals surface area contributed by atoms with Crippen molar-refractivity contribution in [3.8, 4) is 0 Å². The van der Waals surface area contributed by atoms with Crippen LogP contribution in [0.1, 0.15) is 31.2 Å². The first-order valence-corrected chi connectivity index (χ1v) is 8.08. The molecule has 1 heterocycles. The molecule has 1 aliphatic carbocycles. The van der Waals surface area contributed by atoms with Gasteiger partial charge in [-0.05, 0) is 37.0 Å². The summed E-state index contributed by atoms with van der Waals surface area (Å²) < 4.78 is 26.6. The van der Waals surface area contributed by atoms with E-state index in [4.69, 9.17) is 0 Å². The van der Waals surface area contributed by atoms with Gasteiger partial charge in [-0.3, -0.25) is 4.99 Å². The van der Waals surface area contributed by atoms with E-state index < -0.39 is 11.6 Å². The van der Waals surface area contributed by atoms with Crippen LogP contribution in [-0.4, -0.2) is 17.0 Å². The lowest BCUT2D eigenvalue weighted by Gasteiger charge is -2.36. The van der Waals surface area contributed by atoms with E-state index in [0.717, 1.165) is 29.0 Å². The lowest BCUT2D eigenvalue weighted by atomic mass is 9.86. The van der Waals surface area contributed by atoms with Crippen molar-refractivity contribution in [1.29, 1.82) is 0 Å². The van der Waals surface area contributed by atoms with Crippen LogP contribution in [0.25, 0.3) is 0 Å². The van der Waals surface area contributed by atoms with Gasteiger partial charge in [0.05, 0.1) is 6.54 Å². The molecule has 2 atom stereocenters. The van der Waals surface area contributed by atoms with Gasteiger partial charge in [-0.1, -0.05) is 24.6 Å². The van der Waals surface area contributed by atoms with Gasteiger partial charge in [-0.2, -0.15) is 0 Å². The van der Waals surface area contributed by atoms with E-state index in [1.165, 1.54) is 31.7 Å². The van der Waals surface area contributed by atoms with Gasteiger partial charge in [0.25, 0.3) is 0 Å². The molecule has 0 spiro atoms. The summed E-state index contributed by atoms with van der Waals surface area (Å²) in [5, 5.41) is 4.33. The Bertz CT molecular complexity index is 519. The van der Waals surface area contributed by atoms with Gasteiger partial charge < -0.3 is 5.32 Å². The van der Waals surface area contributed by atoms with Crippen LogP contribution < -0.4 is 5.32 Å². The molecule has 1 aliphatic heterocycles. The van der Waals surface area contributed by atoms with Crippen molar-refractivity contribution in [3.05, 3.63) is 35.4 Å². The molecule has 108 valence electrons. The Balaban J connectivity index is 1.65.